The van der Waals surface area contributed by atoms with Gasteiger partial charge in [-0.1, -0.05) is 437 Å². The monoisotopic (exact) mass is 1560 g/mol. The number of hydrogen-bond donors (Lipinski definition) is 0. The van der Waals surface area contributed by atoms with E-state index in [9.17, 15) is 13.6 Å². The fourth-order valence-electron chi connectivity index (χ4n) is 16.9. The number of phosphoric acid groups is 1. The summed E-state index contributed by atoms with van der Waals surface area (Å²) in [7, 11) is -5.70. The molecule has 626 valence electrons. The summed E-state index contributed by atoms with van der Waals surface area (Å²) in [5.41, 5.74) is 12.6. The van der Waals surface area contributed by atoms with E-state index in [-0.39, 0.29) is 32.5 Å². The third kappa shape index (κ3) is 21.2. The maximum atomic E-state index is 21.6. The van der Waals surface area contributed by atoms with Crippen LogP contribution in [0.2, 0.25) is 0 Å². The van der Waals surface area contributed by atoms with Crippen LogP contribution >= 0.6 is 7.82 Å². The van der Waals surface area contributed by atoms with Crippen LogP contribution in [0.1, 0.15) is 449 Å². The minimum Gasteiger partial charge on any atom is -0.266 e. The first-order valence-corrected chi connectivity index (χ1v) is 45.4. The van der Waals surface area contributed by atoms with Crippen LogP contribution in [0.25, 0.3) is 0 Å². The van der Waals surface area contributed by atoms with Gasteiger partial charge in [0.2, 0.25) is 0 Å². The van der Waals surface area contributed by atoms with Crippen molar-refractivity contribution in [3.8, 4) is 0 Å². The van der Waals surface area contributed by atoms with E-state index in [1.54, 1.807) is 0 Å². The Morgan fingerprint density at radius 3 is 0.478 bits per heavy atom. The van der Waals surface area contributed by atoms with Crippen LogP contribution in [0.4, 0.5) is 0 Å². The fourth-order valence-corrected chi connectivity index (χ4v) is 19.0. The van der Waals surface area contributed by atoms with Gasteiger partial charge in [0.05, 0.1) is 0 Å². The van der Waals surface area contributed by atoms with Crippen LogP contribution in [-0.2, 0) is 99.9 Å². The maximum absolute atomic E-state index is 21.6. The minimum absolute atomic E-state index is 0.247. The maximum Gasteiger partial charge on any atom is 0.479 e. The zero-order valence-corrected chi connectivity index (χ0v) is 81.5. The molecule has 0 atom stereocenters. The second kappa shape index (κ2) is 34.2. The summed E-state index contributed by atoms with van der Waals surface area (Å²) in [5.74, 6) is 0. The molecule has 4 nitrogen and oxygen atoms in total. The highest BCUT2D eigenvalue weighted by Crippen LogP contribution is 2.72. The van der Waals surface area contributed by atoms with Crippen LogP contribution in [0.15, 0.2) is 144 Å². The Labute approximate surface area is 696 Å². The van der Waals surface area contributed by atoms with Crippen molar-refractivity contribution in [3.63, 3.8) is 0 Å². The topological polar surface area (TPSA) is 44.8 Å². The van der Waals surface area contributed by atoms with Gasteiger partial charge in [-0.2, -0.15) is 0 Å². The van der Waals surface area contributed by atoms with E-state index in [1.165, 1.54) is 33.4 Å². The molecule has 0 aliphatic carbocycles. The molecule has 113 heavy (non-hydrogen) atoms. The van der Waals surface area contributed by atoms with Crippen molar-refractivity contribution >= 4 is 7.82 Å². The van der Waals surface area contributed by atoms with E-state index >= 15 is 4.57 Å². The largest absolute Gasteiger partial charge is 0.479 e. The summed E-state index contributed by atoms with van der Waals surface area (Å²) in [6.07, 6.45) is 13.4. The lowest BCUT2D eigenvalue weighted by Crippen LogP contribution is -2.44. The smallest absolute Gasteiger partial charge is 0.266 e. The summed E-state index contributed by atoms with van der Waals surface area (Å²) in [4.78, 5) is 0. The Bertz CT molecular complexity index is 3740. The van der Waals surface area contributed by atoms with Gasteiger partial charge in [0, 0.05) is 0 Å². The summed E-state index contributed by atoms with van der Waals surface area (Å²) in [6.45, 7) is 97.9. The average molecular weight is 1560 g/mol. The lowest BCUT2D eigenvalue weighted by molar-refractivity contribution is -0.0201. The molecule has 0 N–H and O–H groups in total. The highest BCUT2D eigenvalue weighted by atomic mass is 31.2. The lowest BCUT2D eigenvalue weighted by Gasteiger charge is -2.50. The van der Waals surface area contributed by atoms with Crippen molar-refractivity contribution in [2.45, 2.75) is 430 Å². The molecule has 0 fully saturated rings. The lowest BCUT2D eigenvalue weighted by atomic mass is 9.66. The van der Waals surface area contributed by atoms with E-state index in [4.69, 9.17) is 0 Å². The molecular weight excluding hydrogens is 1390 g/mol. The molecule has 0 heterocycles. The molecule has 0 spiro atoms. The van der Waals surface area contributed by atoms with Crippen LogP contribution < -0.4 is 0 Å². The van der Waals surface area contributed by atoms with Crippen LogP contribution in [0.3, 0.4) is 0 Å². The molecule has 0 aliphatic rings. The van der Waals surface area contributed by atoms with Crippen molar-refractivity contribution in [1.29, 1.82) is 0 Å². The van der Waals surface area contributed by atoms with Gasteiger partial charge in [0.15, 0.2) is 16.8 Å². The third-order valence-corrected chi connectivity index (χ3v) is 24.9. The molecule has 0 saturated carbocycles. The van der Waals surface area contributed by atoms with Gasteiger partial charge in [0.25, 0.3) is 0 Å². The number of hydrogen-bond acceptors (Lipinski definition) is 4. The Morgan fingerprint density at radius 2 is 0.372 bits per heavy atom. The zero-order chi connectivity index (χ0) is 86.5. The van der Waals surface area contributed by atoms with Gasteiger partial charge in [-0.3, -0.25) is 13.6 Å². The minimum atomic E-state index is -5.70. The second-order valence-corrected chi connectivity index (χ2v) is 47.4. The first-order chi connectivity index (χ1) is 51.2. The van der Waals surface area contributed by atoms with Gasteiger partial charge < -0.3 is 0 Å². The van der Waals surface area contributed by atoms with Crippen LogP contribution in [0, 0.1) is 0 Å². The second-order valence-electron chi connectivity index (χ2n) is 46.0. The SMILES string of the molecule is CC/C=C(\CCC)C(OP(=O)(OC(/C(=C/CC)CCC)(c1ccc(C(C)(C)C)cc1C(C)(C)C)c1ccc(C(C)(C)C)cc1C(C)(C)C)OC(/C(=C/CC)CCC)(c1ccc(C(C)(C)C)cc1C(C)(C)C)c1ccc(C(C)(C)C)cc1C(C)(C)C)(c1ccc(C(C)(C)C)cc1C(C)(C)C)c1ccc(C(C)(C)C)cc1C(C)(C)C. The van der Waals surface area contributed by atoms with E-state index < -0.39 is 57.1 Å². The highest BCUT2D eigenvalue weighted by molar-refractivity contribution is 7.48. The van der Waals surface area contributed by atoms with Crippen molar-refractivity contribution < 1.29 is 18.1 Å². The predicted molar refractivity (Wildman–Crippen MR) is 496 cm³/mol. The number of phosphoric ester groups is 1. The molecule has 0 aliphatic heterocycles. The third-order valence-electron chi connectivity index (χ3n) is 23.4. The van der Waals surface area contributed by atoms with Crippen molar-refractivity contribution in [1.82, 2.24) is 0 Å². The number of benzene rings is 6. The average Bonchev–Trinajstić information content (AvgIpc) is 0.699. The molecule has 6 aromatic carbocycles. The zero-order valence-electron chi connectivity index (χ0n) is 80.6. The van der Waals surface area contributed by atoms with Crippen LogP contribution in [0.5, 0.6) is 0 Å². The van der Waals surface area contributed by atoms with Crippen LogP contribution in [-0.4, -0.2) is 0 Å². The Morgan fingerprint density at radius 1 is 0.230 bits per heavy atom. The number of rotatable bonds is 24. The quantitative estimate of drug-likeness (QED) is 0.0447. The molecule has 5 heteroatoms. The molecule has 0 amide bonds. The van der Waals surface area contributed by atoms with Gasteiger partial charge in [0.1, 0.15) is 0 Å². The van der Waals surface area contributed by atoms with Crippen molar-refractivity contribution in [2.24, 2.45) is 0 Å². The summed E-state index contributed by atoms with van der Waals surface area (Å²) >= 11 is 0. The normalized spacial score (nSPS) is 14.7. The molecular formula is C108H165O4P. The fraction of sp³-hybridized carbons (Fsp3) is 0.611. The Hall–Kier alpha value is -5.35. The molecule has 0 bridgehead atoms. The van der Waals surface area contributed by atoms with Crippen molar-refractivity contribution in [3.05, 3.63) is 244 Å². The predicted octanol–water partition coefficient (Wildman–Crippen LogP) is 33.0. The molecule has 0 saturated heterocycles. The molecule has 0 unspecified atom stereocenters. The standard InChI is InChI=1S/C108H165O4P/c1-43-49-73(50-44-2)106(82-61-55-76(94(7,8)9)67-88(82)100(25,26)27,83-62-56-77(95(10,11)12)68-89(83)101(28,29)30)110-113(109,111-107(74(51-45-3)52-46-4,84-63-57-78(96(13,14)15)69-90(84)102(31,32)33)85-64-58-79(97(16,17)18)70-91(85)103(34,35)36)112-108(75(53-47-5)54-48-6,86-65-59-80(98(19,20)21)71-92(86)104(37,38)39)87-66-60-81(99(22,23)24)72-93(87)105(40,41)42/h49,51,53,55-72H,43-48,50,52,54H2,1-42H3/b73-49+,74-51+,75-53+. The van der Waals surface area contributed by atoms with E-state index in [2.05, 4.69) is 418 Å². The van der Waals surface area contributed by atoms with Gasteiger partial charge in [-0.15, -0.1) is 0 Å². The van der Waals surface area contributed by atoms with E-state index in [0.29, 0.717) is 38.5 Å². The molecule has 6 aromatic rings. The Kier molecular flexibility index (Phi) is 29.2. The Balaban J connectivity index is 2.40. The van der Waals surface area contributed by atoms with Gasteiger partial charge in [-0.25, -0.2) is 4.57 Å². The summed E-state index contributed by atoms with van der Waals surface area (Å²) < 4.78 is 50.1. The van der Waals surface area contributed by atoms with Gasteiger partial charge in [-0.05, 0) is 220 Å². The van der Waals surface area contributed by atoms with Crippen molar-refractivity contribution in [2.75, 3.05) is 0 Å². The number of allylic oxidation sites excluding steroid dienone is 3. The van der Waals surface area contributed by atoms with E-state index in [0.717, 1.165) is 103 Å². The highest BCUT2D eigenvalue weighted by Gasteiger charge is 2.61. The summed E-state index contributed by atoms with van der Waals surface area (Å²) in [5, 5.41) is 0. The first-order valence-electron chi connectivity index (χ1n) is 43.9. The van der Waals surface area contributed by atoms with E-state index in [1.807, 2.05) is 0 Å². The van der Waals surface area contributed by atoms with Gasteiger partial charge >= 0.3 is 7.82 Å². The molecule has 6 rings (SSSR count). The molecule has 0 aromatic heterocycles. The first kappa shape index (κ1) is 96.5. The summed E-state index contributed by atoms with van der Waals surface area (Å²) in [6, 6.07) is 43.2. The molecule has 0 radical (unpaired) electrons.